The van der Waals surface area contributed by atoms with Gasteiger partial charge in [-0.3, -0.25) is 4.79 Å². The average Bonchev–Trinajstić information content (AvgIpc) is 2.75. The van der Waals surface area contributed by atoms with Crippen LogP contribution in [0.5, 0.6) is 0 Å². The molecule has 32 heavy (non-hydrogen) atoms. The summed E-state index contributed by atoms with van der Waals surface area (Å²) >= 11 is 0. The molecule has 0 bridgehead atoms. The van der Waals surface area contributed by atoms with Crippen LogP contribution >= 0.6 is 0 Å². The molecule has 0 atom stereocenters. The van der Waals surface area contributed by atoms with Gasteiger partial charge >= 0.3 is 0 Å². The largest absolute Gasteiger partial charge is 0.352 e. The fourth-order valence-electron chi connectivity index (χ4n) is 4.34. The van der Waals surface area contributed by atoms with Crippen LogP contribution in [0, 0.1) is 13.8 Å². The number of hydrogen-bond acceptors (Lipinski definition) is 3. The van der Waals surface area contributed by atoms with Gasteiger partial charge in [0, 0.05) is 24.0 Å². The lowest BCUT2D eigenvalue weighted by atomic mass is 10.1. The van der Waals surface area contributed by atoms with E-state index in [1.165, 1.54) is 37.1 Å². The van der Waals surface area contributed by atoms with Gasteiger partial charge in [0.15, 0.2) is 0 Å². The van der Waals surface area contributed by atoms with E-state index in [1.807, 2.05) is 30.3 Å². The quantitative estimate of drug-likeness (QED) is 0.392. The Hall–Kier alpha value is -2.92. The SMILES string of the molecule is CCC[NH+](CCC)CCCNC(=O)c1cc(Nc2cc(C)cc(C)c2)nc2ccccc12. The zero-order chi connectivity index (χ0) is 22.9. The zero-order valence-electron chi connectivity index (χ0n) is 19.9. The second kappa shape index (κ2) is 11.6. The summed E-state index contributed by atoms with van der Waals surface area (Å²) in [4.78, 5) is 19.5. The number of hydrogen-bond donors (Lipinski definition) is 3. The molecule has 0 aliphatic heterocycles. The van der Waals surface area contributed by atoms with Gasteiger partial charge in [0.2, 0.25) is 0 Å². The first kappa shape index (κ1) is 23.7. The fourth-order valence-corrected chi connectivity index (χ4v) is 4.34. The van der Waals surface area contributed by atoms with Crippen LogP contribution in [-0.2, 0) is 0 Å². The van der Waals surface area contributed by atoms with Crippen LogP contribution in [0.25, 0.3) is 10.9 Å². The summed E-state index contributed by atoms with van der Waals surface area (Å²) in [6, 6.07) is 16.0. The van der Waals surface area contributed by atoms with Crippen LogP contribution in [0.4, 0.5) is 11.5 Å². The number of amides is 1. The van der Waals surface area contributed by atoms with Crippen LogP contribution in [0.3, 0.4) is 0 Å². The van der Waals surface area contributed by atoms with E-state index in [9.17, 15) is 4.79 Å². The Balaban J connectivity index is 1.74. The Morgan fingerprint density at radius 1 is 0.938 bits per heavy atom. The van der Waals surface area contributed by atoms with E-state index in [2.05, 4.69) is 56.5 Å². The van der Waals surface area contributed by atoms with E-state index in [0.29, 0.717) is 17.9 Å². The van der Waals surface area contributed by atoms with E-state index in [1.54, 1.807) is 4.90 Å². The van der Waals surface area contributed by atoms with Gasteiger partial charge in [0.25, 0.3) is 5.91 Å². The summed E-state index contributed by atoms with van der Waals surface area (Å²) in [5.41, 5.74) is 4.83. The summed E-state index contributed by atoms with van der Waals surface area (Å²) in [6.45, 7) is 12.8. The normalized spacial score (nSPS) is 11.2. The van der Waals surface area contributed by atoms with Crippen molar-refractivity contribution in [1.82, 2.24) is 10.3 Å². The first-order valence-electron chi connectivity index (χ1n) is 11.9. The smallest absolute Gasteiger partial charge is 0.252 e. The zero-order valence-corrected chi connectivity index (χ0v) is 19.9. The highest BCUT2D eigenvalue weighted by atomic mass is 16.1. The van der Waals surface area contributed by atoms with Gasteiger partial charge in [0.05, 0.1) is 30.7 Å². The standard InChI is InChI=1S/C27H36N4O/c1-5-13-31(14-6-2)15-9-12-28-27(32)24-19-26(30-25-11-8-7-10-23(24)25)29-22-17-20(3)16-21(4)18-22/h7-8,10-11,16-19H,5-6,9,12-15H2,1-4H3,(H,28,32)(H,29,30)/p+1. The average molecular weight is 434 g/mol. The van der Waals surface area contributed by atoms with Crippen molar-refractivity contribution in [3.63, 3.8) is 0 Å². The molecule has 0 aliphatic carbocycles. The van der Waals surface area contributed by atoms with Crippen molar-refractivity contribution in [2.24, 2.45) is 0 Å². The maximum atomic E-state index is 13.1. The number of quaternary nitrogens is 1. The van der Waals surface area contributed by atoms with Crippen molar-refractivity contribution in [1.29, 1.82) is 0 Å². The van der Waals surface area contributed by atoms with Crippen molar-refractivity contribution in [3.05, 3.63) is 65.2 Å². The number of carbonyl (C=O) groups excluding carboxylic acids is 1. The van der Waals surface area contributed by atoms with Crippen molar-refractivity contribution >= 4 is 28.3 Å². The van der Waals surface area contributed by atoms with Crippen LogP contribution in [0.1, 0.15) is 54.6 Å². The van der Waals surface area contributed by atoms with Crippen LogP contribution in [0.15, 0.2) is 48.5 Å². The first-order valence-corrected chi connectivity index (χ1v) is 11.9. The molecule has 0 radical (unpaired) electrons. The molecule has 1 heterocycles. The van der Waals surface area contributed by atoms with E-state index in [0.717, 1.165) is 29.6 Å². The summed E-state index contributed by atoms with van der Waals surface area (Å²) in [7, 11) is 0. The molecule has 1 aromatic heterocycles. The molecule has 0 saturated carbocycles. The number of carbonyl (C=O) groups is 1. The van der Waals surface area contributed by atoms with Crippen LogP contribution in [-0.4, -0.2) is 37.1 Å². The number of anilines is 2. The highest BCUT2D eigenvalue weighted by Gasteiger charge is 2.14. The molecule has 170 valence electrons. The number of nitrogens with zero attached hydrogens (tertiary/aromatic N) is 1. The maximum absolute atomic E-state index is 13.1. The Bertz CT molecular complexity index is 1020. The lowest BCUT2D eigenvalue weighted by Crippen LogP contribution is -3.12. The molecule has 0 fully saturated rings. The van der Waals surface area contributed by atoms with E-state index >= 15 is 0 Å². The Morgan fingerprint density at radius 2 is 1.62 bits per heavy atom. The van der Waals surface area contributed by atoms with Gasteiger partial charge in [-0.25, -0.2) is 4.98 Å². The lowest BCUT2D eigenvalue weighted by Gasteiger charge is -2.18. The molecule has 3 aromatic rings. The van der Waals surface area contributed by atoms with E-state index < -0.39 is 0 Å². The minimum atomic E-state index is -0.0420. The van der Waals surface area contributed by atoms with Gasteiger partial charge in [-0.15, -0.1) is 0 Å². The topological polar surface area (TPSA) is 58.5 Å². The van der Waals surface area contributed by atoms with Crippen LogP contribution < -0.4 is 15.5 Å². The third-order valence-electron chi connectivity index (χ3n) is 5.65. The van der Waals surface area contributed by atoms with Crippen molar-refractivity contribution in [2.45, 2.75) is 47.0 Å². The minimum Gasteiger partial charge on any atom is -0.352 e. The molecule has 0 spiro atoms. The number of para-hydroxylation sites is 1. The molecule has 2 aromatic carbocycles. The molecule has 3 N–H and O–H groups in total. The van der Waals surface area contributed by atoms with E-state index in [-0.39, 0.29) is 5.91 Å². The number of benzene rings is 2. The molecule has 5 heteroatoms. The molecular formula is C27H37N4O+. The molecule has 1 amide bonds. The molecule has 0 unspecified atom stereocenters. The summed E-state index contributed by atoms with van der Waals surface area (Å²) in [5, 5.41) is 7.40. The number of aromatic nitrogens is 1. The molecule has 0 aliphatic rings. The lowest BCUT2D eigenvalue weighted by molar-refractivity contribution is -0.900. The van der Waals surface area contributed by atoms with Gasteiger partial charge in [-0.1, -0.05) is 38.1 Å². The van der Waals surface area contributed by atoms with Crippen molar-refractivity contribution in [2.75, 3.05) is 31.5 Å². The van der Waals surface area contributed by atoms with Gasteiger partial charge in [-0.2, -0.15) is 0 Å². The predicted octanol–water partition coefficient (Wildman–Crippen LogP) is 4.42. The maximum Gasteiger partial charge on any atom is 0.252 e. The highest BCUT2D eigenvalue weighted by Crippen LogP contribution is 2.24. The van der Waals surface area contributed by atoms with Crippen LogP contribution in [0.2, 0.25) is 0 Å². The van der Waals surface area contributed by atoms with Crippen molar-refractivity contribution < 1.29 is 9.69 Å². The third-order valence-corrected chi connectivity index (χ3v) is 5.65. The molecule has 3 rings (SSSR count). The first-order chi connectivity index (χ1) is 15.5. The Labute approximate surface area is 192 Å². The second-order valence-corrected chi connectivity index (χ2v) is 8.68. The number of aryl methyl sites for hydroxylation is 2. The monoisotopic (exact) mass is 433 g/mol. The van der Waals surface area contributed by atoms with Gasteiger partial charge < -0.3 is 15.5 Å². The number of rotatable bonds is 11. The van der Waals surface area contributed by atoms with Crippen molar-refractivity contribution in [3.8, 4) is 0 Å². The Kier molecular flexibility index (Phi) is 8.63. The van der Waals surface area contributed by atoms with Gasteiger partial charge in [0.1, 0.15) is 5.82 Å². The number of pyridine rings is 1. The highest BCUT2D eigenvalue weighted by molar-refractivity contribution is 6.07. The summed E-state index contributed by atoms with van der Waals surface area (Å²) < 4.78 is 0. The second-order valence-electron chi connectivity index (χ2n) is 8.68. The Morgan fingerprint density at radius 3 is 2.31 bits per heavy atom. The molecule has 0 saturated heterocycles. The molecular weight excluding hydrogens is 396 g/mol. The fraction of sp³-hybridized carbons (Fsp3) is 0.407. The van der Waals surface area contributed by atoms with E-state index in [4.69, 9.17) is 4.98 Å². The number of fused-ring (bicyclic) bond motifs is 1. The third kappa shape index (κ3) is 6.54. The summed E-state index contributed by atoms with van der Waals surface area (Å²) in [5.74, 6) is 0.639. The predicted molar refractivity (Wildman–Crippen MR) is 134 cm³/mol. The molecule has 5 nitrogen and oxygen atoms in total. The van der Waals surface area contributed by atoms with Gasteiger partial charge in [-0.05, 0) is 62.1 Å². The minimum absolute atomic E-state index is 0.0420. The summed E-state index contributed by atoms with van der Waals surface area (Å²) in [6.07, 6.45) is 3.37. The number of nitrogens with one attached hydrogen (secondary N) is 3.